The quantitative estimate of drug-likeness (QED) is 0.569. The van der Waals surface area contributed by atoms with Crippen molar-refractivity contribution in [2.24, 2.45) is 0 Å². The minimum absolute atomic E-state index is 0. The van der Waals surface area contributed by atoms with Gasteiger partial charge in [0.2, 0.25) is 5.91 Å². The van der Waals surface area contributed by atoms with Gasteiger partial charge in [-0.2, -0.15) is 0 Å². The molecule has 1 N–H and O–H groups in total. The van der Waals surface area contributed by atoms with Crippen molar-refractivity contribution >= 4 is 67.3 Å². The standard InChI is InChI=1S/C20H20Br2FN3O2S.ClH/c21-19-17-14(9-15(27)18(17)20(22)29-19)24-16(28)11-26-6-4-25(5-7-26)10-12-2-1-3-13(23)8-12;/h1-3,8,14H,4-7,9-11H2,(H,24,28);1H. The normalized spacial score (nSPS) is 19.4. The van der Waals surface area contributed by atoms with Gasteiger partial charge in [-0.15, -0.1) is 23.7 Å². The van der Waals surface area contributed by atoms with E-state index in [1.165, 1.54) is 17.4 Å². The summed E-state index contributed by atoms with van der Waals surface area (Å²) in [7, 11) is 0. The van der Waals surface area contributed by atoms with Gasteiger partial charge in [0.1, 0.15) is 5.82 Å². The highest BCUT2D eigenvalue weighted by Crippen LogP contribution is 2.46. The number of nitrogens with zero attached hydrogens (tertiary/aromatic N) is 2. The smallest absolute Gasteiger partial charge is 0.234 e. The van der Waals surface area contributed by atoms with E-state index >= 15 is 0 Å². The highest BCUT2D eigenvalue weighted by Gasteiger charge is 2.36. The van der Waals surface area contributed by atoms with Gasteiger partial charge >= 0.3 is 0 Å². The van der Waals surface area contributed by atoms with Crippen molar-refractivity contribution in [3.05, 3.63) is 54.3 Å². The molecule has 5 nitrogen and oxygen atoms in total. The molecule has 10 heteroatoms. The number of hydrogen-bond donors (Lipinski definition) is 1. The van der Waals surface area contributed by atoms with Gasteiger partial charge < -0.3 is 5.32 Å². The van der Waals surface area contributed by atoms with Crippen LogP contribution in [0.15, 0.2) is 31.8 Å². The van der Waals surface area contributed by atoms with Crippen molar-refractivity contribution in [3.63, 3.8) is 0 Å². The highest BCUT2D eigenvalue weighted by molar-refractivity contribution is 9.12. The Balaban J connectivity index is 0.00000256. The van der Waals surface area contributed by atoms with Crippen LogP contribution in [0.3, 0.4) is 0 Å². The van der Waals surface area contributed by atoms with E-state index in [0.717, 1.165) is 44.9 Å². The summed E-state index contributed by atoms with van der Waals surface area (Å²) in [5.74, 6) is -0.218. The van der Waals surface area contributed by atoms with Crippen LogP contribution in [-0.4, -0.2) is 54.2 Å². The lowest BCUT2D eigenvalue weighted by molar-refractivity contribution is -0.123. The number of carbonyl (C=O) groups is 2. The zero-order chi connectivity index (χ0) is 20.5. The van der Waals surface area contributed by atoms with Crippen LogP contribution in [0.4, 0.5) is 4.39 Å². The first kappa shape index (κ1) is 23.8. The van der Waals surface area contributed by atoms with Crippen molar-refractivity contribution in [1.82, 2.24) is 15.1 Å². The van der Waals surface area contributed by atoms with Gasteiger partial charge in [0.05, 0.1) is 20.2 Å². The van der Waals surface area contributed by atoms with Gasteiger partial charge in [-0.1, -0.05) is 12.1 Å². The number of benzene rings is 1. The second-order valence-corrected chi connectivity index (χ2v) is 11.0. The average Bonchev–Trinajstić information content (AvgIpc) is 3.15. The number of piperazine rings is 1. The molecule has 2 aliphatic rings. The lowest BCUT2D eigenvalue weighted by atomic mass is 10.2. The van der Waals surface area contributed by atoms with Gasteiger partial charge in [0, 0.05) is 50.3 Å². The zero-order valence-electron chi connectivity index (χ0n) is 16.0. The predicted octanol–water partition coefficient (Wildman–Crippen LogP) is 4.40. The van der Waals surface area contributed by atoms with Gasteiger partial charge in [-0.05, 0) is 49.6 Å². The maximum atomic E-state index is 13.3. The Labute approximate surface area is 201 Å². The molecule has 162 valence electrons. The van der Waals surface area contributed by atoms with Crippen LogP contribution in [-0.2, 0) is 11.3 Å². The molecular formula is C20H21Br2ClFN3O2S. The topological polar surface area (TPSA) is 52.7 Å². The van der Waals surface area contributed by atoms with E-state index in [1.54, 1.807) is 12.1 Å². The summed E-state index contributed by atoms with van der Waals surface area (Å²) in [6.45, 7) is 4.26. The Morgan fingerprint density at radius 1 is 1.17 bits per heavy atom. The minimum Gasteiger partial charge on any atom is -0.348 e. The first-order chi connectivity index (χ1) is 13.9. The van der Waals surface area contributed by atoms with Crippen LogP contribution in [0.2, 0.25) is 0 Å². The Kier molecular flexibility index (Phi) is 8.09. The van der Waals surface area contributed by atoms with E-state index in [4.69, 9.17) is 0 Å². The average molecular weight is 582 g/mol. The number of rotatable bonds is 5. The summed E-state index contributed by atoms with van der Waals surface area (Å²) in [6.07, 6.45) is 0.308. The monoisotopic (exact) mass is 579 g/mol. The van der Waals surface area contributed by atoms with Crippen LogP contribution in [0.5, 0.6) is 0 Å². The van der Waals surface area contributed by atoms with Crippen LogP contribution < -0.4 is 5.32 Å². The molecule has 1 saturated heterocycles. The van der Waals surface area contributed by atoms with E-state index in [-0.39, 0.29) is 36.0 Å². The molecule has 1 fully saturated rings. The number of nitrogens with one attached hydrogen (secondary N) is 1. The number of Topliss-reactive ketones (excluding diaryl/α,β-unsaturated/α-hetero) is 1. The van der Waals surface area contributed by atoms with Crippen molar-refractivity contribution in [2.75, 3.05) is 32.7 Å². The Morgan fingerprint density at radius 2 is 1.87 bits per heavy atom. The molecule has 30 heavy (non-hydrogen) atoms. The fourth-order valence-corrected chi connectivity index (χ4v) is 7.28. The molecule has 1 amide bonds. The zero-order valence-corrected chi connectivity index (χ0v) is 20.8. The summed E-state index contributed by atoms with van der Waals surface area (Å²) in [5, 5.41) is 3.02. The van der Waals surface area contributed by atoms with Crippen molar-refractivity contribution in [1.29, 1.82) is 0 Å². The fraction of sp³-hybridized carbons (Fsp3) is 0.400. The molecule has 1 unspecified atom stereocenters. The molecular weight excluding hydrogens is 561 g/mol. The molecule has 0 bridgehead atoms. The third kappa shape index (κ3) is 5.31. The fourth-order valence-electron chi connectivity index (χ4n) is 3.91. The molecule has 2 heterocycles. The summed E-state index contributed by atoms with van der Waals surface area (Å²) < 4.78 is 15.0. The van der Waals surface area contributed by atoms with Gasteiger partial charge in [0.15, 0.2) is 5.78 Å². The molecule has 4 rings (SSSR count). The van der Waals surface area contributed by atoms with E-state index in [2.05, 4.69) is 47.0 Å². The SMILES string of the molecule is Cl.O=C(CN1CCN(Cc2cccc(F)c2)CC1)NC1CC(=O)c2c(Br)sc(Br)c21. The van der Waals surface area contributed by atoms with Crippen LogP contribution in [0.1, 0.15) is 33.9 Å². The van der Waals surface area contributed by atoms with Crippen LogP contribution in [0, 0.1) is 5.82 Å². The van der Waals surface area contributed by atoms with Crippen molar-refractivity contribution < 1.29 is 14.0 Å². The van der Waals surface area contributed by atoms with E-state index < -0.39 is 0 Å². The first-order valence-corrected chi connectivity index (χ1v) is 11.8. The molecule has 1 aromatic carbocycles. The second-order valence-electron chi connectivity index (χ2n) is 7.37. The van der Waals surface area contributed by atoms with E-state index in [9.17, 15) is 14.0 Å². The molecule has 1 aromatic heterocycles. The van der Waals surface area contributed by atoms with Crippen LogP contribution in [0.25, 0.3) is 0 Å². The summed E-state index contributed by atoms with van der Waals surface area (Å²) in [4.78, 5) is 29.2. The number of halogens is 4. The third-order valence-corrected chi connectivity index (χ3v) is 7.91. The molecule has 1 aliphatic carbocycles. The van der Waals surface area contributed by atoms with Crippen molar-refractivity contribution in [2.45, 2.75) is 19.0 Å². The van der Waals surface area contributed by atoms with Gasteiger partial charge in [0.25, 0.3) is 0 Å². The Bertz CT molecular complexity index is 950. The molecule has 0 radical (unpaired) electrons. The molecule has 0 spiro atoms. The lowest BCUT2D eigenvalue weighted by Crippen LogP contribution is -2.49. The Hall–Kier alpha value is -0.840. The number of ketones is 1. The van der Waals surface area contributed by atoms with E-state index in [0.29, 0.717) is 25.1 Å². The number of amides is 1. The maximum absolute atomic E-state index is 13.3. The molecule has 1 aliphatic heterocycles. The Morgan fingerprint density at radius 3 is 2.57 bits per heavy atom. The number of carbonyl (C=O) groups excluding carboxylic acids is 2. The molecule has 2 aromatic rings. The lowest BCUT2D eigenvalue weighted by Gasteiger charge is -2.34. The first-order valence-electron chi connectivity index (χ1n) is 9.40. The number of hydrogen-bond acceptors (Lipinski definition) is 5. The summed E-state index contributed by atoms with van der Waals surface area (Å²) >= 11 is 8.41. The minimum atomic E-state index is -0.267. The highest BCUT2D eigenvalue weighted by atomic mass is 79.9. The van der Waals surface area contributed by atoms with Gasteiger partial charge in [-0.25, -0.2) is 4.39 Å². The summed E-state index contributed by atoms with van der Waals surface area (Å²) in [5.41, 5.74) is 2.55. The van der Waals surface area contributed by atoms with Gasteiger partial charge in [-0.3, -0.25) is 19.4 Å². The van der Waals surface area contributed by atoms with E-state index in [1.807, 2.05) is 6.07 Å². The largest absolute Gasteiger partial charge is 0.348 e. The maximum Gasteiger partial charge on any atom is 0.234 e. The van der Waals surface area contributed by atoms with Crippen LogP contribution >= 0.6 is 55.6 Å². The van der Waals surface area contributed by atoms with Crippen molar-refractivity contribution in [3.8, 4) is 0 Å². The summed E-state index contributed by atoms with van der Waals surface area (Å²) in [6, 6.07) is 6.42. The predicted molar refractivity (Wildman–Crippen MR) is 125 cm³/mol. The third-order valence-electron chi connectivity index (χ3n) is 5.34. The number of fused-ring (bicyclic) bond motifs is 1. The number of thiophene rings is 1. The second kappa shape index (κ2) is 10.2. The molecule has 1 atom stereocenters. The molecule has 0 saturated carbocycles.